The maximum Gasteiger partial charge on any atom is 0.294 e. The van der Waals surface area contributed by atoms with Crippen LogP contribution in [0, 0.1) is 10.1 Å². The third-order valence-electron chi connectivity index (χ3n) is 2.55. The zero-order valence-corrected chi connectivity index (χ0v) is 12.7. The van der Waals surface area contributed by atoms with Crippen LogP contribution in [0.5, 0.6) is 0 Å². The van der Waals surface area contributed by atoms with Crippen molar-refractivity contribution >= 4 is 21.4 Å². The molecule has 0 saturated heterocycles. The van der Waals surface area contributed by atoms with Crippen molar-refractivity contribution in [2.45, 2.75) is 24.3 Å². The normalized spacial score (nSPS) is 12.2. The van der Waals surface area contributed by atoms with E-state index in [1.807, 2.05) is 0 Å². The van der Waals surface area contributed by atoms with Gasteiger partial charge in [0.1, 0.15) is 5.69 Å². The molecule has 0 spiro atoms. The van der Waals surface area contributed by atoms with Crippen LogP contribution in [0.1, 0.15) is 13.8 Å². The number of nitrogens with two attached hydrogens (primary N) is 1. The van der Waals surface area contributed by atoms with Gasteiger partial charge in [0.15, 0.2) is 0 Å². The van der Waals surface area contributed by atoms with E-state index in [4.69, 9.17) is 10.6 Å². The van der Waals surface area contributed by atoms with Crippen LogP contribution in [-0.2, 0) is 14.8 Å². The molecule has 10 heteroatoms. The predicted octanol–water partition coefficient (Wildman–Crippen LogP) is 0.584. The minimum absolute atomic E-state index is 0.0232. The maximum absolute atomic E-state index is 12.3. The molecule has 0 atom stereocenters. The number of sulfonamides is 1. The topological polar surface area (TPSA) is 137 Å². The number of ether oxygens (including phenoxy) is 1. The minimum Gasteiger partial charge on any atom is -0.383 e. The Kier molecular flexibility index (Phi) is 5.23. The van der Waals surface area contributed by atoms with Crippen LogP contribution >= 0.6 is 0 Å². The molecule has 21 heavy (non-hydrogen) atoms. The van der Waals surface area contributed by atoms with Crippen LogP contribution < -0.4 is 16.0 Å². The summed E-state index contributed by atoms with van der Waals surface area (Å²) in [5.74, 6) is 5.15. The largest absolute Gasteiger partial charge is 0.383 e. The molecule has 0 fully saturated rings. The van der Waals surface area contributed by atoms with Gasteiger partial charge in [-0.05, 0) is 26.0 Å². The van der Waals surface area contributed by atoms with E-state index in [9.17, 15) is 18.5 Å². The number of benzene rings is 1. The van der Waals surface area contributed by atoms with E-state index in [0.29, 0.717) is 0 Å². The first-order valence-corrected chi connectivity index (χ1v) is 7.39. The molecule has 4 N–H and O–H groups in total. The lowest BCUT2D eigenvalue weighted by Gasteiger charge is -2.24. The highest BCUT2D eigenvalue weighted by Gasteiger charge is 2.28. The van der Waals surface area contributed by atoms with Crippen LogP contribution in [0.2, 0.25) is 0 Å². The van der Waals surface area contributed by atoms with E-state index in [2.05, 4.69) is 10.1 Å². The number of methoxy groups -OCH3 is 1. The molecule has 0 bridgehead atoms. The van der Waals surface area contributed by atoms with Crippen LogP contribution in [0.3, 0.4) is 0 Å². The lowest BCUT2D eigenvalue weighted by Crippen LogP contribution is -2.46. The van der Waals surface area contributed by atoms with Crippen molar-refractivity contribution in [2.24, 2.45) is 5.84 Å². The molecular formula is C11H18N4O5S. The molecule has 0 saturated carbocycles. The highest BCUT2D eigenvalue weighted by molar-refractivity contribution is 7.89. The van der Waals surface area contributed by atoms with Crippen molar-refractivity contribution in [1.82, 2.24) is 4.72 Å². The Morgan fingerprint density at radius 1 is 1.43 bits per heavy atom. The van der Waals surface area contributed by atoms with Crippen molar-refractivity contribution in [3.05, 3.63) is 28.3 Å². The van der Waals surface area contributed by atoms with Gasteiger partial charge in [-0.2, -0.15) is 0 Å². The Hall–Kier alpha value is -1.75. The van der Waals surface area contributed by atoms with Crippen molar-refractivity contribution in [3.8, 4) is 0 Å². The molecule has 0 heterocycles. The number of nitro groups is 1. The number of rotatable bonds is 7. The van der Waals surface area contributed by atoms with E-state index in [1.54, 1.807) is 13.8 Å². The number of anilines is 1. The predicted molar refractivity (Wildman–Crippen MR) is 77.2 cm³/mol. The summed E-state index contributed by atoms with van der Waals surface area (Å²) >= 11 is 0. The third-order valence-corrected chi connectivity index (χ3v) is 4.24. The standard InChI is InChI=1S/C11H18N4O5S/c1-11(2,7-20-3)14-21(18,19)8-4-5-9(13-12)10(6-8)15(16)17/h4-6,13-14H,7,12H2,1-3H3. The summed E-state index contributed by atoms with van der Waals surface area (Å²) < 4.78 is 31.9. The van der Waals surface area contributed by atoms with Crippen LogP contribution in [-0.4, -0.2) is 32.6 Å². The Morgan fingerprint density at radius 2 is 2.05 bits per heavy atom. The van der Waals surface area contributed by atoms with Gasteiger partial charge in [0.05, 0.1) is 22.0 Å². The zero-order chi connectivity index (χ0) is 16.3. The molecule has 0 aliphatic carbocycles. The maximum atomic E-state index is 12.3. The number of hydrogen-bond acceptors (Lipinski definition) is 7. The van der Waals surface area contributed by atoms with E-state index >= 15 is 0 Å². The first-order chi connectivity index (χ1) is 9.63. The number of hydrazine groups is 1. The summed E-state index contributed by atoms with van der Waals surface area (Å²) in [4.78, 5) is 9.98. The van der Waals surface area contributed by atoms with Crippen molar-refractivity contribution < 1.29 is 18.1 Å². The number of hydrogen-bond donors (Lipinski definition) is 3. The minimum atomic E-state index is -3.92. The molecule has 1 aromatic rings. The fourth-order valence-corrected chi connectivity index (χ4v) is 3.18. The SMILES string of the molecule is COCC(C)(C)NS(=O)(=O)c1ccc(NN)c([N+](=O)[O-])c1. The summed E-state index contributed by atoms with van der Waals surface area (Å²) in [6, 6.07) is 3.41. The number of nitrogens with zero attached hydrogens (tertiary/aromatic N) is 1. The molecule has 0 radical (unpaired) electrons. The van der Waals surface area contributed by atoms with E-state index in [0.717, 1.165) is 6.07 Å². The molecule has 1 rings (SSSR count). The molecule has 1 aromatic carbocycles. The number of nitro benzene ring substituents is 1. The smallest absolute Gasteiger partial charge is 0.294 e. The average molecular weight is 318 g/mol. The van der Waals surface area contributed by atoms with Crippen molar-refractivity contribution in [1.29, 1.82) is 0 Å². The van der Waals surface area contributed by atoms with Crippen molar-refractivity contribution in [3.63, 3.8) is 0 Å². The Labute approximate surface area is 122 Å². The molecule has 0 amide bonds. The summed E-state index contributed by atoms with van der Waals surface area (Å²) in [7, 11) is -2.48. The van der Waals surface area contributed by atoms with Crippen molar-refractivity contribution in [2.75, 3.05) is 19.1 Å². The number of nitrogen functional groups attached to an aromatic ring is 1. The molecule has 0 aliphatic heterocycles. The van der Waals surface area contributed by atoms with Gasteiger partial charge in [0.2, 0.25) is 10.0 Å². The lowest BCUT2D eigenvalue weighted by atomic mass is 10.1. The summed E-state index contributed by atoms with van der Waals surface area (Å²) in [5, 5.41) is 10.9. The van der Waals surface area contributed by atoms with Gasteiger partial charge in [-0.1, -0.05) is 0 Å². The van der Waals surface area contributed by atoms with E-state index in [-0.39, 0.29) is 17.2 Å². The van der Waals surface area contributed by atoms with Gasteiger partial charge in [-0.25, -0.2) is 13.1 Å². The Bertz CT molecular complexity index is 630. The fraction of sp³-hybridized carbons (Fsp3) is 0.455. The lowest BCUT2D eigenvalue weighted by molar-refractivity contribution is -0.384. The molecule has 0 unspecified atom stereocenters. The monoisotopic (exact) mass is 318 g/mol. The van der Waals surface area contributed by atoms with E-state index < -0.39 is 26.2 Å². The second-order valence-corrected chi connectivity index (χ2v) is 6.69. The van der Waals surface area contributed by atoms with Gasteiger partial charge in [0, 0.05) is 13.2 Å². The molecule has 0 aliphatic rings. The zero-order valence-electron chi connectivity index (χ0n) is 11.9. The van der Waals surface area contributed by atoms with Crippen LogP contribution in [0.4, 0.5) is 11.4 Å². The van der Waals surface area contributed by atoms with Gasteiger partial charge >= 0.3 is 0 Å². The quantitative estimate of drug-likeness (QED) is 0.380. The Balaban J connectivity index is 3.21. The van der Waals surface area contributed by atoms with Gasteiger partial charge in [-0.15, -0.1) is 0 Å². The number of nitrogens with one attached hydrogen (secondary N) is 2. The Morgan fingerprint density at radius 3 is 2.52 bits per heavy atom. The highest BCUT2D eigenvalue weighted by Crippen LogP contribution is 2.27. The third kappa shape index (κ3) is 4.36. The molecular weight excluding hydrogens is 300 g/mol. The first-order valence-electron chi connectivity index (χ1n) is 5.91. The molecule has 9 nitrogen and oxygen atoms in total. The first kappa shape index (κ1) is 17.3. The molecule has 118 valence electrons. The summed E-state index contributed by atoms with van der Waals surface area (Å²) in [6.07, 6.45) is 0. The van der Waals surface area contributed by atoms with Gasteiger partial charge < -0.3 is 10.2 Å². The fourth-order valence-electron chi connectivity index (χ4n) is 1.76. The van der Waals surface area contributed by atoms with Gasteiger partial charge in [0.25, 0.3) is 5.69 Å². The summed E-state index contributed by atoms with van der Waals surface area (Å²) in [5.41, 5.74) is 0.890. The van der Waals surface area contributed by atoms with Gasteiger partial charge in [-0.3, -0.25) is 16.0 Å². The van der Waals surface area contributed by atoms with Crippen LogP contribution in [0.25, 0.3) is 0 Å². The second kappa shape index (κ2) is 6.35. The second-order valence-electron chi connectivity index (χ2n) is 5.00. The highest BCUT2D eigenvalue weighted by atomic mass is 32.2. The molecule has 0 aromatic heterocycles. The summed E-state index contributed by atoms with van der Waals surface area (Å²) in [6.45, 7) is 3.42. The van der Waals surface area contributed by atoms with E-state index in [1.165, 1.54) is 19.2 Å². The van der Waals surface area contributed by atoms with Crippen LogP contribution in [0.15, 0.2) is 23.1 Å². The average Bonchev–Trinajstić information content (AvgIpc) is 2.36.